The number of nitrogens with two attached hydrogens (primary N) is 1. The summed E-state index contributed by atoms with van der Waals surface area (Å²) in [6, 6.07) is 12.4. The quantitative estimate of drug-likeness (QED) is 0.592. The average Bonchev–Trinajstić information content (AvgIpc) is 3.06. The third-order valence-electron chi connectivity index (χ3n) is 4.08. The van der Waals surface area contributed by atoms with Crippen molar-refractivity contribution in [2.75, 3.05) is 12.3 Å². The van der Waals surface area contributed by atoms with Crippen LogP contribution in [-0.4, -0.2) is 33.0 Å². The smallest absolute Gasteiger partial charge is 0.261 e. The standard InChI is InChI=1S/C17H14N4O2/c18-12-6-5-11-10-19-21(15(11)9-12)8-7-20-16(22)13-3-1-2-4-14(13)17(20)23/h1-6,9-10H,7-8,18H2. The second-order valence-corrected chi connectivity index (χ2v) is 5.49. The molecule has 0 atom stereocenters. The van der Waals surface area contributed by atoms with Gasteiger partial charge in [0, 0.05) is 17.6 Å². The van der Waals surface area contributed by atoms with E-state index < -0.39 is 0 Å². The Hall–Kier alpha value is -3.15. The first-order valence-corrected chi connectivity index (χ1v) is 7.31. The number of aromatic nitrogens is 2. The van der Waals surface area contributed by atoms with Crippen molar-refractivity contribution in [3.63, 3.8) is 0 Å². The Labute approximate surface area is 132 Å². The Bertz CT molecular complexity index is 910. The van der Waals surface area contributed by atoms with Crippen LogP contribution in [0.2, 0.25) is 0 Å². The molecule has 1 aliphatic rings. The second-order valence-electron chi connectivity index (χ2n) is 5.49. The van der Waals surface area contributed by atoms with Gasteiger partial charge in [0.15, 0.2) is 0 Å². The van der Waals surface area contributed by atoms with E-state index in [0.29, 0.717) is 23.4 Å². The highest BCUT2D eigenvalue weighted by molar-refractivity contribution is 6.21. The third kappa shape index (κ3) is 2.07. The van der Waals surface area contributed by atoms with Crippen LogP contribution in [-0.2, 0) is 6.54 Å². The molecule has 2 heterocycles. The average molecular weight is 306 g/mol. The minimum absolute atomic E-state index is 0.249. The predicted molar refractivity (Wildman–Crippen MR) is 86.0 cm³/mol. The molecule has 1 aliphatic heterocycles. The number of anilines is 1. The molecule has 0 aliphatic carbocycles. The first-order chi connectivity index (χ1) is 11.1. The molecule has 6 heteroatoms. The number of hydrogen-bond acceptors (Lipinski definition) is 4. The van der Waals surface area contributed by atoms with Crippen LogP contribution in [0.4, 0.5) is 5.69 Å². The van der Waals surface area contributed by atoms with E-state index in [2.05, 4.69) is 5.10 Å². The molecule has 0 saturated carbocycles. The molecule has 0 bridgehead atoms. The molecule has 6 nitrogen and oxygen atoms in total. The fourth-order valence-electron chi connectivity index (χ4n) is 2.90. The molecule has 0 spiro atoms. The lowest BCUT2D eigenvalue weighted by atomic mass is 10.1. The SMILES string of the molecule is Nc1ccc2cnn(CCN3C(=O)c4ccccc4C3=O)c2c1. The van der Waals surface area contributed by atoms with Crippen LogP contribution in [0, 0.1) is 0 Å². The lowest BCUT2D eigenvalue weighted by Gasteiger charge is -2.14. The first-order valence-electron chi connectivity index (χ1n) is 7.31. The molecule has 23 heavy (non-hydrogen) atoms. The first kappa shape index (κ1) is 13.5. The topological polar surface area (TPSA) is 81.2 Å². The maximum atomic E-state index is 12.3. The van der Waals surface area contributed by atoms with Crippen LogP contribution in [0.5, 0.6) is 0 Å². The zero-order valence-corrected chi connectivity index (χ0v) is 12.3. The van der Waals surface area contributed by atoms with Crippen molar-refractivity contribution in [3.05, 3.63) is 59.8 Å². The minimum atomic E-state index is -0.249. The summed E-state index contributed by atoms with van der Waals surface area (Å²) in [5, 5.41) is 5.28. The van der Waals surface area contributed by atoms with E-state index >= 15 is 0 Å². The summed E-state index contributed by atoms with van der Waals surface area (Å²) >= 11 is 0. The van der Waals surface area contributed by atoms with Gasteiger partial charge >= 0.3 is 0 Å². The molecule has 4 rings (SSSR count). The molecule has 114 valence electrons. The highest BCUT2D eigenvalue weighted by Crippen LogP contribution is 2.23. The van der Waals surface area contributed by atoms with Gasteiger partial charge in [0.05, 0.1) is 29.4 Å². The zero-order valence-electron chi connectivity index (χ0n) is 12.3. The molecular formula is C17H14N4O2. The van der Waals surface area contributed by atoms with Crippen molar-refractivity contribution in [2.24, 2.45) is 0 Å². The summed E-state index contributed by atoms with van der Waals surface area (Å²) in [5.41, 5.74) is 8.29. The summed E-state index contributed by atoms with van der Waals surface area (Å²) in [5.74, 6) is -0.497. The number of nitrogen functional groups attached to an aromatic ring is 1. The normalized spacial score (nSPS) is 13.8. The molecule has 0 fully saturated rings. The summed E-state index contributed by atoms with van der Waals surface area (Å²) in [4.78, 5) is 25.9. The van der Waals surface area contributed by atoms with Gasteiger partial charge in [-0.3, -0.25) is 19.2 Å². The lowest BCUT2D eigenvalue weighted by Crippen LogP contribution is -2.33. The van der Waals surface area contributed by atoms with Crippen molar-refractivity contribution >= 4 is 28.4 Å². The van der Waals surface area contributed by atoms with Crippen LogP contribution >= 0.6 is 0 Å². The number of nitrogens with zero attached hydrogens (tertiary/aromatic N) is 3. The van der Waals surface area contributed by atoms with Gasteiger partial charge < -0.3 is 5.73 Å². The van der Waals surface area contributed by atoms with Gasteiger partial charge in [0.1, 0.15) is 0 Å². The number of fused-ring (bicyclic) bond motifs is 2. The van der Waals surface area contributed by atoms with Crippen molar-refractivity contribution in [1.82, 2.24) is 14.7 Å². The molecule has 0 radical (unpaired) electrons. The highest BCUT2D eigenvalue weighted by atomic mass is 16.2. The van der Waals surface area contributed by atoms with E-state index in [9.17, 15) is 9.59 Å². The summed E-state index contributed by atoms with van der Waals surface area (Å²) in [6.07, 6.45) is 1.75. The predicted octanol–water partition coefficient (Wildman–Crippen LogP) is 1.91. The van der Waals surface area contributed by atoms with Gasteiger partial charge in [0.25, 0.3) is 11.8 Å². The number of hydrogen-bond donors (Lipinski definition) is 1. The molecule has 0 saturated heterocycles. The zero-order chi connectivity index (χ0) is 16.0. The summed E-state index contributed by atoms with van der Waals surface area (Å²) < 4.78 is 1.76. The fourth-order valence-corrected chi connectivity index (χ4v) is 2.90. The van der Waals surface area contributed by atoms with Crippen LogP contribution in [0.3, 0.4) is 0 Å². The van der Waals surface area contributed by atoms with Gasteiger partial charge in [-0.05, 0) is 30.3 Å². The Morgan fingerprint density at radius 1 is 0.957 bits per heavy atom. The van der Waals surface area contributed by atoms with Crippen molar-refractivity contribution < 1.29 is 9.59 Å². The lowest BCUT2D eigenvalue weighted by molar-refractivity contribution is 0.0648. The third-order valence-corrected chi connectivity index (χ3v) is 4.08. The van der Waals surface area contributed by atoms with Crippen LogP contribution in [0.25, 0.3) is 10.9 Å². The van der Waals surface area contributed by atoms with E-state index in [4.69, 9.17) is 5.73 Å². The number of benzene rings is 2. The maximum absolute atomic E-state index is 12.3. The Morgan fingerprint density at radius 2 is 1.65 bits per heavy atom. The molecule has 2 aromatic carbocycles. The van der Waals surface area contributed by atoms with E-state index in [1.54, 1.807) is 35.1 Å². The summed E-state index contributed by atoms with van der Waals surface area (Å²) in [6.45, 7) is 0.705. The van der Waals surface area contributed by atoms with Gasteiger partial charge in [0.2, 0.25) is 0 Å². The molecule has 0 unspecified atom stereocenters. The van der Waals surface area contributed by atoms with E-state index in [1.807, 2.05) is 18.2 Å². The molecule has 2 amide bonds. The van der Waals surface area contributed by atoms with Gasteiger partial charge in [-0.25, -0.2) is 0 Å². The van der Waals surface area contributed by atoms with Gasteiger partial charge in [-0.1, -0.05) is 12.1 Å². The number of rotatable bonds is 3. The van der Waals surface area contributed by atoms with Crippen LogP contribution < -0.4 is 5.73 Å². The van der Waals surface area contributed by atoms with E-state index in [0.717, 1.165) is 10.9 Å². The number of carbonyl (C=O) groups is 2. The number of carbonyl (C=O) groups excluding carboxylic acids is 2. The van der Waals surface area contributed by atoms with E-state index in [-0.39, 0.29) is 18.4 Å². The highest BCUT2D eigenvalue weighted by Gasteiger charge is 2.34. The van der Waals surface area contributed by atoms with Crippen molar-refractivity contribution in [1.29, 1.82) is 0 Å². The van der Waals surface area contributed by atoms with E-state index in [1.165, 1.54) is 4.90 Å². The van der Waals surface area contributed by atoms with Gasteiger partial charge in [-0.15, -0.1) is 0 Å². The largest absolute Gasteiger partial charge is 0.399 e. The second kappa shape index (κ2) is 4.95. The molecular weight excluding hydrogens is 292 g/mol. The monoisotopic (exact) mass is 306 g/mol. The molecule has 1 aromatic heterocycles. The minimum Gasteiger partial charge on any atom is -0.399 e. The van der Waals surface area contributed by atoms with Crippen LogP contribution in [0.15, 0.2) is 48.7 Å². The Kier molecular flexibility index (Phi) is 2.90. The Morgan fingerprint density at radius 3 is 2.35 bits per heavy atom. The van der Waals surface area contributed by atoms with Crippen molar-refractivity contribution in [2.45, 2.75) is 6.54 Å². The Balaban J connectivity index is 1.59. The number of imide groups is 1. The summed E-state index contributed by atoms with van der Waals surface area (Å²) in [7, 11) is 0. The van der Waals surface area contributed by atoms with Gasteiger partial charge in [-0.2, -0.15) is 5.10 Å². The fraction of sp³-hybridized carbons (Fsp3) is 0.118. The number of amides is 2. The molecule has 2 N–H and O–H groups in total. The van der Waals surface area contributed by atoms with Crippen molar-refractivity contribution in [3.8, 4) is 0 Å². The molecule has 3 aromatic rings. The van der Waals surface area contributed by atoms with Crippen LogP contribution in [0.1, 0.15) is 20.7 Å². The maximum Gasteiger partial charge on any atom is 0.261 e.